The molecule has 9 heteroatoms. The minimum atomic E-state index is -1.45. The Bertz CT molecular complexity index is 1240. The smallest absolute Gasteiger partial charge is 0.341 e. The number of carbonyl (C=O) groups excluding carboxylic acids is 1. The van der Waals surface area contributed by atoms with E-state index in [1.54, 1.807) is 16.8 Å². The molecule has 4 rings (SSSR count). The molecule has 0 radical (unpaired) electrons. The quantitative estimate of drug-likeness (QED) is 0.712. The van der Waals surface area contributed by atoms with Gasteiger partial charge in [-0.2, -0.15) is 0 Å². The molecule has 0 unspecified atom stereocenters. The van der Waals surface area contributed by atoms with Crippen molar-refractivity contribution in [1.29, 1.82) is 0 Å². The van der Waals surface area contributed by atoms with Crippen LogP contribution in [0.15, 0.2) is 47.4 Å². The molecule has 3 aromatic rings. The van der Waals surface area contributed by atoms with Crippen molar-refractivity contribution in [2.45, 2.75) is 0 Å². The number of fused-ring (bicyclic) bond motifs is 1. The molecule has 1 aliphatic heterocycles. The minimum Gasteiger partial charge on any atom is -0.477 e. The highest BCUT2D eigenvalue weighted by Crippen LogP contribution is 2.28. The van der Waals surface area contributed by atoms with Crippen molar-refractivity contribution in [1.82, 2.24) is 9.47 Å². The first-order valence-electron chi connectivity index (χ1n) is 9.13. The maximum atomic E-state index is 14.9. The lowest BCUT2D eigenvalue weighted by atomic mass is 10.1. The standard InChI is InChI=1S/C21H17F2N3O4/c1-24-6-7-25(11-19(24)27)18-9-17-14(8-16(18)23)20(28)15(21(29)30)10-26(17)13-4-2-12(22)3-5-13/h2-5,8-10H,6-7,11H2,1H3,(H,29,30). The number of carboxylic acid groups (broad SMARTS) is 1. The molecule has 0 saturated carbocycles. The molecule has 1 saturated heterocycles. The first kappa shape index (κ1) is 19.6. The van der Waals surface area contributed by atoms with Crippen LogP contribution in [0.25, 0.3) is 16.6 Å². The summed E-state index contributed by atoms with van der Waals surface area (Å²) < 4.78 is 29.7. The Hall–Kier alpha value is -3.75. The Morgan fingerprint density at radius 1 is 1.07 bits per heavy atom. The summed E-state index contributed by atoms with van der Waals surface area (Å²) in [6, 6.07) is 7.65. The fourth-order valence-electron chi connectivity index (χ4n) is 3.51. The number of aromatic carboxylic acids is 1. The third-order valence-corrected chi connectivity index (χ3v) is 5.21. The zero-order valence-electron chi connectivity index (χ0n) is 15.9. The van der Waals surface area contributed by atoms with E-state index in [0.29, 0.717) is 18.8 Å². The molecular formula is C21H17F2N3O4. The molecule has 2 aromatic carbocycles. The van der Waals surface area contributed by atoms with Crippen LogP contribution < -0.4 is 10.3 Å². The number of halogens is 2. The van der Waals surface area contributed by atoms with E-state index in [1.807, 2.05) is 0 Å². The molecular weight excluding hydrogens is 396 g/mol. The number of pyridine rings is 1. The number of carbonyl (C=O) groups is 2. The zero-order valence-corrected chi connectivity index (χ0v) is 15.9. The van der Waals surface area contributed by atoms with Crippen molar-refractivity contribution in [2.24, 2.45) is 0 Å². The van der Waals surface area contributed by atoms with Gasteiger partial charge in [-0.05, 0) is 36.4 Å². The number of anilines is 1. The van der Waals surface area contributed by atoms with Gasteiger partial charge in [0.05, 0.1) is 17.7 Å². The van der Waals surface area contributed by atoms with Gasteiger partial charge in [0.15, 0.2) is 0 Å². The average molecular weight is 413 g/mol. The minimum absolute atomic E-state index is 0.0209. The highest BCUT2D eigenvalue weighted by molar-refractivity contribution is 5.94. The highest BCUT2D eigenvalue weighted by Gasteiger charge is 2.25. The van der Waals surface area contributed by atoms with Gasteiger partial charge in [0, 0.05) is 37.4 Å². The number of carboxylic acids is 1. The van der Waals surface area contributed by atoms with E-state index in [2.05, 4.69) is 0 Å². The van der Waals surface area contributed by atoms with Crippen LogP contribution in [0.2, 0.25) is 0 Å². The summed E-state index contributed by atoms with van der Waals surface area (Å²) in [5.41, 5.74) is -0.581. The lowest BCUT2D eigenvalue weighted by molar-refractivity contribution is -0.129. The van der Waals surface area contributed by atoms with Gasteiger partial charge < -0.3 is 19.5 Å². The van der Waals surface area contributed by atoms with E-state index in [9.17, 15) is 28.3 Å². The van der Waals surface area contributed by atoms with Gasteiger partial charge in [0.25, 0.3) is 0 Å². The van der Waals surface area contributed by atoms with Crippen LogP contribution in [0.4, 0.5) is 14.5 Å². The van der Waals surface area contributed by atoms with Crippen molar-refractivity contribution in [2.75, 3.05) is 31.6 Å². The maximum Gasteiger partial charge on any atom is 0.341 e. The highest BCUT2D eigenvalue weighted by atomic mass is 19.1. The molecule has 30 heavy (non-hydrogen) atoms. The topological polar surface area (TPSA) is 82.8 Å². The molecule has 7 nitrogen and oxygen atoms in total. The molecule has 154 valence electrons. The molecule has 1 N–H and O–H groups in total. The van der Waals surface area contributed by atoms with Gasteiger partial charge in [-0.1, -0.05) is 0 Å². The summed E-state index contributed by atoms with van der Waals surface area (Å²) in [5.74, 6) is -2.83. The molecule has 1 aliphatic rings. The molecule has 0 atom stereocenters. The number of likely N-dealkylation sites (N-methyl/N-ethyl adjacent to an activating group) is 1. The van der Waals surface area contributed by atoms with Crippen molar-refractivity contribution in [3.05, 3.63) is 70.0 Å². The number of hydrogen-bond acceptors (Lipinski definition) is 4. The molecule has 1 aromatic heterocycles. The largest absolute Gasteiger partial charge is 0.477 e. The van der Waals surface area contributed by atoms with Crippen LogP contribution in [-0.4, -0.2) is 53.1 Å². The SMILES string of the molecule is CN1CCN(c2cc3c(cc2F)c(=O)c(C(=O)O)cn3-c2ccc(F)cc2)CC1=O. The van der Waals surface area contributed by atoms with Crippen LogP contribution in [-0.2, 0) is 4.79 Å². The summed E-state index contributed by atoms with van der Waals surface area (Å²) in [5, 5.41) is 9.28. The van der Waals surface area contributed by atoms with Crippen molar-refractivity contribution < 1.29 is 23.5 Å². The maximum absolute atomic E-state index is 14.9. The Morgan fingerprint density at radius 3 is 2.40 bits per heavy atom. The summed E-state index contributed by atoms with van der Waals surface area (Å²) in [6.45, 7) is 0.796. The first-order chi connectivity index (χ1) is 14.3. The van der Waals surface area contributed by atoms with Crippen LogP contribution in [0.3, 0.4) is 0 Å². The van der Waals surface area contributed by atoms with Gasteiger partial charge >= 0.3 is 5.97 Å². The van der Waals surface area contributed by atoms with E-state index in [4.69, 9.17) is 0 Å². The fourth-order valence-corrected chi connectivity index (χ4v) is 3.51. The normalized spacial score (nSPS) is 14.4. The molecule has 0 spiro atoms. The summed E-state index contributed by atoms with van der Waals surface area (Å²) in [7, 11) is 1.66. The summed E-state index contributed by atoms with van der Waals surface area (Å²) in [4.78, 5) is 39.4. The van der Waals surface area contributed by atoms with Gasteiger partial charge in [-0.15, -0.1) is 0 Å². The number of piperazine rings is 1. The second-order valence-electron chi connectivity index (χ2n) is 7.08. The van der Waals surface area contributed by atoms with E-state index < -0.39 is 28.6 Å². The average Bonchev–Trinajstić information content (AvgIpc) is 2.71. The summed E-state index contributed by atoms with van der Waals surface area (Å²) >= 11 is 0. The molecule has 0 bridgehead atoms. The van der Waals surface area contributed by atoms with Crippen LogP contribution in [0, 0.1) is 11.6 Å². The monoisotopic (exact) mass is 413 g/mol. The van der Waals surface area contributed by atoms with Gasteiger partial charge in [0.1, 0.15) is 17.2 Å². The molecule has 1 amide bonds. The van der Waals surface area contributed by atoms with Crippen LogP contribution in [0.1, 0.15) is 10.4 Å². The first-order valence-corrected chi connectivity index (χ1v) is 9.13. The fraction of sp³-hybridized carbons (Fsp3) is 0.190. The molecule has 0 aliphatic carbocycles. The number of hydrogen-bond donors (Lipinski definition) is 1. The number of amides is 1. The van der Waals surface area contributed by atoms with Crippen LogP contribution >= 0.6 is 0 Å². The molecule has 2 heterocycles. The van der Waals surface area contributed by atoms with Crippen molar-refractivity contribution >= 4 is 28.5 Å². The van der Waals surface area contributed by atoms with E-state index in [-0.39, 0.29) is 29.0 Å². The predicted molar refractivity (Wildman–Crippen MR) is 106 cm³/mol. The number of nitrogens with zero attached hydrogens (tertiary/aromatic N) is 3. The van der Waals surface area contributed by atoms with E-state index in [1.165, 1.54) is 34.9 Å². The molecule has 1 fully saturated rings. The number of rotatable bonds is 3. The zero-order chi connectivity index (χ0) is 21.6. The Labute approximate surface area is 169 Å². The second kappa shape index (κ2) is 7.25. The Balaban J connectivity index is 1.97. The lowest BCUT2D eigenvalue weighted by Crippen LogP contribution is -2.48. The van der Waals surface area contributed by atoms with Gasteiger partial charge in [-0.25, -0.2) is 13.6 Å². The van der Waals surface area contributed by atoms with Crippen LogP contribution in [0.5, 0.6) is 0 Å². The third-order valence-electron chi connectivity index (χ3n) is 5.21. The van der Waals surface area contributed by atoms with E-state index in [0.717, 1.165) is 12.3 Å². The van der Waals surface area contributed by atoms with Crippen molar-refractivity contribution in [3.8, 4) is 5.69 Å². The van der Waals surface area contributed by atoms with Crippen molar-refractivity contribution in [3.63, 3.8) is 0 Å². The number of benzene rings is 2. The predicted octanol–water partition coefficient (Wildman–Crippen LogP) is 2.25. The lowest BCUT2D eigenvalue weighted by Gasteiger charge is -2.33. The van der Waals surface area contributed by atoms with Gasteiger partial charge in [0.2, 0.25) is 11.3 Å². The summed E-state index contributed by atoms with van der Waals surface area (Å²) in [6.07, 6.45) is 1.14. The van der Waals surface area contributed by atoms with Gasteiger partial charge in [-0.3, -0.25) is 9.59 Å². The van der Waals surface area contributed by atoms with E-state index >= 15 is 0 Å². The number of aromatic nitrogens is 1. The Kier molecular flexibility index (Phi) is 4.73. The third kappa shape index (κ3) is 3.28. The Morgan fingerprint density at radius 2 is 1.77 bits per heavy atom. The second-order valence-corrected chi connectivity index (χ2v) is 7.08.